The molecule has 2 aliphatic heterocycles. The summed E-state index contributed by atoms with van der Waals surface area (Å²) in [6.07, 6.45) is 12.2. The van der Waals surface area contributed by atoms with Gasteiger partial charge in [-0.3, -0.25) is 14.4 Å². The Morgan fingerprint density at radius 3 is 1.81 bits per heavy atom. The van der Waals surface area contributed by atoms with Crippen molar-refractivity contribution in [3.63, 3.8) is 0 Å². The summed E-state index contributed by atoms with van der Waals surface area (Å²) in [6, 6.07) is 0.996. The van der Waals surface area contributed by atoms with Gasteiger partial charge in [-0.05, 0) is 76.0 Å². The molecule has 0 amide bonds. The van der Waals surface area contributed by atoms with Gasteiger partial charge in [-0.25, -0.2) is 4.98 Å². The van der Waals surface area contributed by atoms with Crippen molar-refractivity contribution in [1.29, 1.82) is 0 Å². The van der Waals surface area contributed by atoms with E-state index in [9.17, 15) is 19.5 Å². The lowest BCUT2D eigenvalue weighted by Crippen LogP contribution is -2.43. The van der Waals surface area contributed by atoms with E-state index in [-0.39, 0.29) is 66.3 Å². The molecule has 2 saturated heterocycles. The van der Waals surface area contributed by atoms with Crippen molar-refractivity contribution in [2.75, 3.05) is 20.3 Å². The zero-order valence-electron chi connectivity index (χ0n) is 34.7. The van der Waals surface area contributed by atoms with Crippen LogP contribution < -0.4 is 10.5 Å². The number of ether oxygens (including phenoxy) is 5. The number of halogens is 1. The summed E-state index contributed by atoms with van der Waals surface area (Å²) in [5.74, 6) is -0.0826. The molecule has 0 saturated carbocycles. The molecule has 11 nitrogen and oxygen atoms in total. The summed E-state index contributed by atoms with van der Waals surface area (Å²) in [4.78, 5) is 41.9. The van der Waals surface area contributed by atoms with Crippen molar-refractivity contribution in [3.05, 3.63) is 18.0 Å². The molecule has 54 heavy (non-hydrogen) atoms. The van der Waals surface area contributed by atoms with E-state index in [0.717, 1.165) is 70.6 Å². The van der Waals surface area contributed by atoms with Crippen molar-refractivity contribution in [2.24, 2.45) is 35.3 Å². The Labute approximate surface area is 331 Å². The predicted octanol–water partition coefficient (Wildman–Crippen LogP) is 8.65. The first-order valence-electron chi connectivity index (χ1n) is 20.4. The molecule has 312 valence electrons. The van der Waals surface area contributed by atoms with Gasteiger partial charge >= 0.3 is 11.9 Å². The second-order valence-electron chi connectivity index (χ2n) is 16.0. The topological polar surface area (TPSA) is 156 Å². The van der Waals surface area contributed by atoms with Gasteiger partial charge in [0.05, 0.1) is 25.2 Å². The molecule has 3 rings (SSSR count). The number of carbonyl (C=O) groups is 3. The molecule has 0 aliphatic carbocycles. The molecular formula is C42H73ClN2O9. The molecule has 3 heterocycles. The first-order valence-corrected chi connectivity index (χ1v) is 20.4. The van der Waals surface area contributed by atoms with Crippen LogP contribution in [0.15, 0.2) is 12.3 Å². The molecule has 0 radical (unpaired) electrons. The minimum absolute atomic E-state index is 0. The lowest BCUT2D eigenvalue weighted by molar-refractivity contribution is -0.166. The zero-order chi connectivity index (χ0) is 39.5. The number of hydrogen-bond donors (Lipinski definition) is 2. The maximum atomic E-state index is 13.0. The SMILES string of the molecule is CCC[C@H]1CCCC[C@H](CC(=O)c2nccc(OC)c2O)C(=O)O[C@@H](C)[C@@H]1OCC(C)C.CCC[C@H]1CCCC[C@H](N)C(=O)O[C@@H](C)[C@@H]1OCC(C)C.Cl. The molecule has 12 heteroatoms. The van der Waals surface area contributed by atoms with Crippen molar-refractivity contribution >= 4 is 30.1 Å². The number of cyclic esters (lactones) is 2. The fourth-order valence-corrected chi connectivity index (χ4v) is 7.40. The van der Waals surface area contributed by atoms with E-state index in [4.69, 9.17) is 29.4 Å². The maximum Gasteiger partial charge on any atom is 0.323 e. The van der Waals surface area contributed by atoms with Gasteiger partial charge < -0.3 is 34.5 Å². The number of nitrogens with two attached hydrogens (primary N) is 1. The maximum absolute atomic E-state index is 13.0. The number of methoxy groups -OCH3 is 1. The molecule has 0 unspecified atom stereocenters. The van der Waals surface area contributed by atoms with Crippen LogP contribution in [0.2, 0.25) is 0 Å². The fraction of sp³-hybridized carbons (Fsp3) is 0.810. The first-order chi connectivity index (χ1) is 25.2. The van der Waals surface area contributed by atoms with Crippen molar-refractivity contribution in [3.8, 4) is 11.5 Å². The summed E-state index contributed by atoms with van der Waals surface area (Å²) >= 11 is 0. The van der Waals surface area contributed by atoms with Crippen LogP contribution in [0.5, 0.6) is 11.5 Å². The number of pyridine rings is 1. The van der Waals surface area contributed by atoms with Gasteiger partial charge in [-0.1, -0.05) is 80.1 Å². The van der Waals surface area contributed by atoms with E-state index in [0.29, 0.717) is 43.3 Å². The van der Waals surface area contributed by atoms with Crippen LogP contribution in [0.1, 0.15) is 149 Å². The second kappa shape index (κ2) is 26.4. The second-order valence-corrected chi connectivity index (χ2v) is 16.0. The summed E-state index contributed by atoms with van der Waals surface area (Å²) in [7, 11) is 1.41. The molecular weight excluding hydrogens is 712 g/mol. The summed E-state index contributed by atoms with van der Waals surface area (Å²) in [6.45, 7) is 18.0. The van der Waals surface area contributed by atoms with Crippen LogP contribution in [0.25, 0.3) is 0 Å². The fourth-order valence-electron chi connectivity index (χ4n) is 7.40. The highest BCUT2D eigenvalue weighted by atomic mass is 35.5. The average Bonchev–Trinajstić information content (AvgIpc) is 3.10. The lowest BCUT2D eigenvalue weighted by atomic mass is 9.86. The number of aromatic nitrogens is 1. The Morgan fingerprint density at radius 1 is 0.852 bits per heavy atom. The highest BCUT2D eigenvalue weighted by Crippen LogP contribution is 2.33. The van der Waals surface area contributed by atoms with Crippen LogP contribution in [-0.4, -0.2) is 78.6 Å². The Kier molecular flexibility index (Phi) is 24.2. The number of carbonyl (C=O) groups excluding carboxylic acids is 3. The average molecular weight is 786 g/mol. The zero-order valence-corrected chi connectivity index (χ0v) is 35.5. The number of Topliss-reactive ketones (excluding diaryl/α,β-unsaturated/α-hetero) is 1. The lowest BCUT2D eigenvalue weighted by Gasteiger charge is -2.34. The van der Waals surface area contributed by atoms with Gasteiger partial charge in [-0.2, -0.15) is 0 Å². The molecule has 8 atom stereocenters. The largest absolute Gasteiger partial charge is 0.503 e. The molecule has 1 aromatic rings. The number of nitrogens with zero attached hydrogens (tertiary/aromatic N) is 1. The van der Waals surface area contributed by atoms with Crippen molar-refractivity contribution in [2.45, 2.75) is 169 Å². The number of ketones is 1. The van der Waals surface area contributed by atoms with Crippen molar-refractivity contribution < 1.29 is 43.2 Å². The third-order valence-corrected chi connectivity index (χ3v) is 10.2. The van der Waals surface area contributed by atoms with Crippen LogP contribution in [0, 0.1) is 29.6 Å². The van der Waals surface area contributed by atoms with Gasteiger partial charge in [-0.15, -0.1) is 12.4 Å². The Hall–Kier alpha value is -2.47. The highest BCUT2D eigenvalue weighted by molar-refractivity contribution is 5.99. The monoisotopic (exact) mass is 785 g/mol. The number of aromatic hydroxyl groups is 1. The molecule has 3 N–H and O–H groups in total. The molecule has 0 aromatic carbocycles. The van der Waals surface area contributed by atoms with Gasteiger partial charge in [0.25, 0.3) is 0 Å². The minimum Gasteiger partial charge on any atom is -0.503 e. The van der Waals surface area contributed by atoms with E-state index in [1.165, 1.54) is 19.4 Å². The Balaban J connectivity index is 0.000000577. The van der Waals surface area contributed by atoms with Crippen LogP contribution in [0.3, 0.4) is 0 Å². The number of hydrogen-bond acceptors (Lipinski definition) is 11. The normalized spacial score (nSPS) is 27.1. The third-order valence-electron chi connectivity index (χ3n) is 10.2. The highest BCUT2D eigenvalue weighted by Gasteiger charge is 2.35. The summed E-state index contributed by atoms with van der Waals surface area (Å²) < 4.78 is 28.8. The predicted molar refractivity (Wildman–Crippen MR) is 214 cm³/mol. The standard InChI is InChI=1S/C25H39NO6.C17H33NO3.ClH/c1-6-9-18-10-7-8-11-19(25(29)32-17(4)24(18)31-15-16(2)3)14-20(27)22-23(28)21(30-5)12-13-26-22;1-5-8-14-9-6-7-10-15(18)17(19)21-13(4)16(14)20-11-12(2)3;/h12-13,16-19,24,28H,6-11,14-15H2,1-5H3;12-16H,5-11,18H2,1-4H3;1H/t17-,18-,19+,24-;13-,14-,15-,16-;/m00./s1. The summed E-state index contributed by atoms with van der Waals surface area (Å²) in [5.41, 5.74) is 5.80. The third kappa shape index (κ3) is 16.7. The number of rotatable bonds is 14. The molecule has 2 aliphatic rings. The van der Waals surface area contributed by atoms with E-state index in [2.05, 4.69) is 46.5 Å². The molecule has 1 aromatic heterocycles. The summed E-state index contributed by atoms with van der Waals surface area (Å²) in [5, 5.41) is 10.3. The van der Waals surface area contributed by atoms with E-state index >= 15 is 0 Å². The first kappa shape index (κ1) is 49.5. The van der Waals surface area contributed by atoms with E-state index in [1.807, 2.05) is 13.8 Å². The smallest absolute Gasteiger partial charge is 0.323 e. The van der Waals surface area contributed by atoms with Gasteiger partial charge in [0.15, 0.2) is 23.0 Å². The molecule has 0 bridgehead atoms. The van der Waals surface area contributed by atoms with Crippen molar-refractivity contribution in [1.82, 2.24) is 4.98 Å². The minimum atomic E-state index is -0.578. The van der Waals surface area contributed by atoms with Gasteiger partial charge in [0, 0.05) is 31.9 Å². The molecule has 2 fully saturated rings. The van der Waals surface area contributed by atoms with Gasteiger partial charge in [0.1, 0.15) is 18.2 Å². The van der Waals surface area contributed by atoms with E-state index in [1.54, 1.807) is 0 Å². The van der Waals surface area contributed by atoms with Crippen LogP contribution in [0.4, 0.5) is 0 Å². The van der Waals surface area contributed by atoms with E-state index < -0.39 is 23.8 Å². The van der Waals surface area contributed by atoms with Crippen LogP contribution in [-0.2, 0) is 28.5 Å². The number of esters is 2. The Morgan fingerprint density at radius 2 is 1.33 bits per heavy atom. The Bertz CT molecular complexity index is 1230. The van der Waals surface area contributed by atoms with Crippen LogP contribution >= 0.6 is 12.4 Å². The quantitative estimate of drug-likeness (QED) is 0.137. The van der Waals surface area contributed by atoms with Gasteiger partial charge in [0.2, 0.25) is 0 Å². The molecule has 0 spiro atoms.